The van der Waals surface area contributed by atoms with Gasteiger partial charge in [0.2, 0.25) is 0 Å². The first-order valence-corrected chi connectivity index (χ1v) is 7.62. The third kappa shape index (κ3) is 3.33. The van der Waals surface area contributed by atoms with Gasteiger partial charge < -0.3 is 5.11 Å². The van der Waals surface area contributed by atoms with Crippen LogP contribution in [0.25, 0.3) is 0 Å². The van der Waals surface area contributed by atoms with E-state index in [-0.39, 0.29) is 0 Å². The summed E-state index contributed by atoms with van der Waals surface area (Å²) in [6, 6.07) is 14.1. The smallest absolute Gasteiger partial charge is 0.0840 e. The number of hydrogen-bond donors (Lipinski definition) is 1. The van der Waals surface area contributed by atoms with Crippen LogP contribution in [0, 0.1) is 10.5 Å². The molecule has 2 aromatic carbocycles. The summed E-state index contributed by atoms with van der Waals surface area (Å²) in [5.74, 6) is 0. The van der Waals surface area contributed by atoms with Crippen molar-refractivity contribution in [3.63, 3.8) is 0 Å². The van der Waals surface area contributed by atoms with Gasteiger partial charge in [0.05, 0.1) is 6.10 Å². The Morgan fingerprint density at radius 1 is 1.22 bits per heavy atom. The number of rotatable bonds is 3. The number of benzene rings is 2. The second-order valence-corrected chi connectivity index (χ2v) is 6.32. The molecule has 0 aromatic heterocycles. The SMILES string of the molecule is Cc1cccc(C(O)Cc2cccc(Br)c2)c1I. The van der Waals surface area contributed by atoms with Gasteiger partial charge in [-0.3, -0.25) is 0 Å². The van der Waals surface area contributed by atoms with Crippen molar-refractivity contribution < 1.29 is 5.11 Å². The van der Waals surface area contributed by atoms with E-state index < -0.39 is 6.10 Å². The summed E-state index contributed by atoms with van der Waals surface area (Å²) >= 11 is 5.75. The molecule has 0 saturated carbocycles. The Morgan fingerprint density at radius 3 is 2.67 bits per heavy atom. The minimum Gasteiger partial charge on any atom is -0.388 e. The Kier molecular flexibility index (Phi) is 4.81. The molecular formula is C15H14BrIO. The van der Waals surface area contributed by atoms with Crippen LogP contribution < -0.4 is 0 Å². The predicted molar refractivity (Wildman–Crippen MR) is 86.7 cm³/mol. The molecule has 18 heavy (non-hydrogen) atoms. The van der Waals surface area contributed by atoms with Gasteiger partial charge in [0.15, 0.2) is 0 Å². The summed E-state index contributed by atoms with van der Waals surface area (Å²) in [6.07, 6.45) is 0.185. The first-order chi connectivity index (χ1) is 8.58. The lowest BCUT2D eigenvalue weighted by Crippen LogP contribution is -2.04. The monoisotopic (exact) mass is 416 g/mol. The number of aliphatic hydroxyl groups is 1. The van der Waals surface area contributed by atoms with Crippen molar-refractivity contribution in [3.8, 4) is 0 Å². The van der Waals surface area contributed by atoms with Gasteiger partial charge in [-0.05, 0) is 58.3 Å². The highest BCUT2D eigenvalue weighted by atomic mass is 127. The third-order valence-electron chi connectivity index (χ3n) is 2.90. The van der Waals surface area contributed by atoms with Crippen LogP contribution in [0.4, 0.5) is 0 Å². The maximum Gasteiger partial charge on any atom is 0.0840 e. The van der Waals surface area contributed by atoms with E-state index in [2.05, 4.69) is 51.5 Å². The van der Waals surface area contributed by atoms with E-state index in [1.54, 1.807) is 0 Å². The fourth-order valence-corrected chi connectivity index (χ4v) is 3.09. The van der Waals surface area contributed by atoms with Crippen LogP contribution in [0.15, 0.2) is 46.9 Å². The van der Waals surface area contributed by atoms with Crippen LogP contribution in [-0.2, 0) is 6.42 Å². The quantitative estimate of drug-likeness (QED) is 0.722. The fraction of sp³-hybridized carbons (Fsp3) is 0.200. The van der Waals surface area contributed by atoms with Gasteiger partial charge in [-0.15, -0.1) is 0 Å². The molecule has 1 N–H and O–H groups in total. The normalized spacial score (nSPS) is 12.4. The van der Waals surface area contributed by atoms with Gasteiger partial charge in [-0.25, -0.2) is 0 Å². The zero-order chi connectivity index (χ0) is 13.1. The largest absolute Gasteiger partial charge is 0.388 e. The maximum absolute atomic E-state index is 10.4. The van der Waals surface area contributed by atoms with Crippen LogP contribution >= 0.6 is 38.5 Å². The van der Waals surface area contributed by atoms with E-state index in [4.69, 9.17) is 0 Å². The Hall–Kier alpha value is -0.390. The van der Waals surface area contributed by atoms with E-state index in [1.807, 2.05) is 36.4 Å². The average Bonchev–Trinajstić information content (AvgIpc) is 2.32. The third-order valence-corrected chi connectivity index (χ3v) is 4.87. The van der Waals surface area contributed by atoms with Crippen molar-refractivity contribution in [3.05, 3.63) is 67.2 Å². The fourth-order valence-electron chi connectivity index (χ4n) is 1.92. The van der Waals surface area contributed by atoms with E-state index in [9.17, 15) is 5.11 Å². The van der Waals surface area contributed by atoms with Crippen molar-refractivity contribution in [1.29, 1.82) is 0 Å². The predicted octanol–water partition coefficient (Wildman–Crippen LogP) is 4.64. The summed E-state index contributed by atoms with van der Waals surface area (Å²) in [5, 5.41) is 10.4. The highest BCUT2D eigenvalue weighted by Gasteiger charge is 2.13. The molecule has 0 amide bonds. The molecule has 0 aliphatic carbocycles. The molecule has 0 saturated heterocycles. The molecule has 3 heteroatoms. The molecule has 2 aromatic rings. The van der Waals surface area contributed by atoms with E-state index in [0.717, 1.165) is 19.2 Å². The summed E-state index contributed by atoms with van der Waals surface area (Å²) in [5.41, 5.74) is 3.35. The Balaban J connectivity index is 2.22. The maximum atomic E-state index is 10.4. The number of hydrogen-bond acceptors (Lipinski definition) is 1. The molecular weight excluding hydrogens is 403 g/mol. The molecule has 1 nitrogen and oxygen atoms in total. The summed E-state index contributed by atoms with van der Waals surface area (Å²) in [6.45, 7) is 2.07. The second kappa shape index (κ2) is 6.17. The molecule has 2 rings (SSSR count). The van der Waals surface area contributed by atoms with Crippen LogP contribution in [-0.4, -0.2) is 5.11 Å². The lowest BCUT2D eigenvalue weighted by molar-refractivity contribution is 0.177. The molecule has 94 valence electrons. The van der Waals surface area contributed by atoms with Gasteiger partial charge in [0.25, 0.3) is 0 Å². The van der Waals surface area contributed by atoms with Gasteiger partial charge in [0, 0.05) is 14.5 Å². The molecule has 0 fully saturated rings. The van der Waals surface area contributed by atoms with Gasteiger partial charge in [0.1, 0.15) is 0 Å². The Labute approximate surface area is 130 Å². The molecule has 0 aliphatic rings. The molecule has 0 radical (unpaired) electrons. The summed E-state index contributed by atoms with van der Waals surface area (Å²) in [7, 11) is 0. The highest BCUT2D eigenvalue weighted by molar-refractivity contribution is 14.1. The summed E-state index contributed by atoms with van der Waals surface area (Å²) < 4.78 is 2.20. The Bertz CT molecular complexity index is 554. The van der Waals surface area contributed by atoms with Crippen molar-refractivity contribution in [2.75, 3.05) is 0 Å². The van der Waals surface area contributed by atoms with Crippen molar-refractivity contribution in [1.82, 2.24) is 0 Å². The number of aryl methyl sites for hydroxylation is 1. The van der Waals surface area contributed by atoms with Crippen molar-refractivity contribution in [2.45, 2.75) is 19.4 Å². The van der Waals surface area contributed by atoms with Crippen molar-refractivity contribution in [2.24, 2.45) is 0 Å². The van der Waals surface area contributed by atoms with Crippen LogP contribution in [0.3, 0.4) is 0 Å². The molecule has 0 heterocycles. The lowest BCUT2D eigenvalue weighted by Gasteiger charge is -2.14. The first-order valence-electron chi connectivity index (χ1n) is 5.75. The molecule has 0 bridgehead atoms. The zero-order valence-electron chi connectivity index (χ0n) is 10.0. The van der Waals surface area contributed by atoms with Crippen molar-refractivity contribution >= 4 is 38.5 Å². The van der Waals surface area contributed by atoms with Crippen LogP contribution in [0.5, 0.6) is 0 Å². The van der Waals surface area contributed by atoms with Crippen LogP contribution in [0.2, 0.25) is 0 Å². The van der Waals surface area contributed by atoms with Gasteiger partial charge in [-0.1, -0.05) is 46.3 Å². The molecule has 1 unspecified atom stereocenters. The van der Waals surface area contributed by atoms with E-state index in [1.165, 1.54) is 5.56 Å². The lowest BCUT2D eigenvalue weighted by atomic mass is 10.0. The highest BCUT2D eigenvalue weighted by Crippen LogP contribution is 2.26. The van der Waals surface area contributed by atoms with E-state index >= 15 is 0 Å². The minimum absolute atomic E-state index is 0.453. The van der Waals surface area contributed by atoms with Crippen LogP contribution in [0.1, 0.15) is 22.8 Å². The molecule has 1 atom stereocenters. The zero-order valence-corrected chi connectivity index (χ0v) is 13.8. The van der Waals surface area contributed by atoms with Gasteiger partial charge in [-0.2, -0.15) is 0 Å². The second-order valence-electron chi connectivity index (χ2n) is 4.33. The first kappa shape index (κ1) is 14.0. The number of aliphatic hydroxyl groups excluding tert-OH is 1. The van der Waals surface area contributed by atoms with Gasteiger partial charge >= 0.3 is 0 Å². The minimum atomic E-state index is -0.453. The average molecular weight is 417 g/mol. The number of halogens is 2. The molecule has 0 aliphatic heterocycles. The standard InChI is InChI=1S/C15H14BrIO/c1-10-4-2-7-13(15(10)17)14(18)9-11-5-3-6-12(16)8-11/h2-8,14,18H,9H2,1H3. The molecule has 0 spiro atoms. The Morgan fingerprint density at radius 2 is 1.94 bits per heavy atom. The topological polar surface area (TPSA) is 20.2 Å². The van der Waals surface area contributed by atoms with E-state index in [0.29, 0.717) is 6.42 Å². The summed E-state index contributed by atoms with van der Waals surface area (Å²) in [4.78, 5) is 0.